The van der Waals surface area contributed by atoms with Gasteiger partial charge in [0.1, 0.15) is 6.29 Å². The monoisotopic (exact) mass is 218 g/mol. The smallest absolute Gasteiger partial charge is 0.251 e. The lowest BCUT2D eigenvalue weighted by atomic mass is 10.1. The minimum atomic E-state index is -0.124. The number of carbonyl (C=O) groups is 2. The van der Waals surface area contributed by atoms with Crippen molar-refractivity contribution in [3.05, 3.63) is 35.9 Å². The average Bonchev–Trinajstić information content (AvgIpc) is 2.78. The number of hydrogen-bond acceptors (Lipinski definition) is 3. The van der Waals surface area contributed by atoms with Gasteiger partial charge >= 0.3 is 0 Å². The Morgan fingerprint density at radius 2 is 2.12 bits per heavy atom. The quantitative estimate of drug-likeness (QED) is 0.719. The predicted octanol–water partition coefficient (Wildman–Crippen LogP) is 0.346. The second kappa shape index (κ2) is 4.90. The molecule has 0 saturated carbocycles. The first-order valence-corrected chi connectivity index (χ1v) is 5.34. The van der Waals surface area contributed by atoms with E-state index in [1.165, 1.54) is 0 Å². The van der Waals surface area contributed by atoms with Crippen molar-refractivity contribution in [2.45, 2.75) is 18.5 Å². The fraction of sp³-hybridized carbons (Fsp3) is 0.333. The van der Waals surface area contributed by atoms with E-state index in [4.69, 9.17) is 0 Å². The van der Waals surface area contributed by atoms with E-state index in [1.807, 2.05) is 18.2 Å². The van der Waals surface area contributed by atoms with Crippen LogP contribution in [0.25, 0.3) is 0 Å². The van der Waals surface area contributed by atoms with E-state index in [9.17, 15) is 9.59 Å². The number of hydrogen-bond donors (Lipinski definition) is 2. The summed E-state index contributed by atoms with van der Waals surface area (Å²) in [5.41, 5.74) is 0.650. The lowest BCUT2D eigenvalue weighted by Gasteiger charge is -2.11. The minimum Gasteiger partial charge on any atom is -0.348 e. The van der Waals surface area contributed by atoms with Crippen LogP contribution in [0.2, 0.25) is 0 Å². The molecule has 16 heavy (non-hydrogen) atoms. The molecule has 0 radical (unpaired) electrons. The molecule has 2 N–H and O–H groups in total. The van der Waals surface area contributed by atoms with E-state index < -0.39 is 0 Å². The molecule has 1 aliphatic rings. The molecule has 4 nitrogen and oxygen atoms in total. The van der Waals surface area contributed by atoms with Gasteiger partial charge in [0, 0.05) is 18.2 Å². The molecule has 0 spiro atoms. The third kappa shape index (κ3) is 2.46. The molecule has 0 aliphatic carbocycles. The van der Waals surface area contributed by atoms with Gasteiger partial charge in [-0.15, -0.1) is 0 Å². The maximum atomic E-state index is 11.8. The van der Waals surface area contributed by atoms with Gasteiger partial charge in [-0.3, -0.25) is 4.79 Å². The Morgan fingerprint density at radius 1 is 1.38 bits per heavy atom. The van der Waals surface area contributed by atoms with Crippen LogP contribution in [0, 0.1) is 0 Å². The molecule has 1 saturated heterocycles. The van der Waals surface area contributed by atoms with Crippen LogP contribution in [-0.4, -0.2) is 30.8 Å². The Bertz CT molecular complexity index is 378. The maximum Gasteiger partial charge on any atom is 0.251 e. The lowest BCUT2D eigenvalue weighted by Crippen LogP contribution is -2.36. The van der Waals surface area contributed by atoms with Crippen molar-refractivity contribution >= 4 is 12.2 Å². The minimum absolute atomic E-state index is 0.0444. The molecular weight excluding hydrogens is 204 g/mol. The SMILES string of the molecule is O=C[C@@H]1C[C@@H](NC(=O)c2ccccc2)CN1. The molecule has 1 amide bonds. The van der Waals surface area contributed by atoms with Crippen molar-refractivity contribution < 1.29 is 9.59 Å². The topological polar surface area (TPSA) is 58.2 Å². The predicted molar refractivity (Wildman–Crippen MR) is 60.2 cm³/mol. The first-order chi connectivity index (χ1) is 7.79. The Morgan fingerprint density at radius 3 is 2.75 bits per heavy atom. The van der Waals surface area contributed by atoms with Crippen molar-refractivity contribution in [3.63, 3.8) is 0 Å². The highest BCUT2D eigenvalue weighted by Gasteiger charge is 2.24. The van der Waals surface area contributed by atoms with Crippen LogP contribution < -0.4 is 10.6 Å². The first kappa shape index (κ1) is 10.8. The molecular formula is C12H14N2O2. The summed E-state index contributed by atoms with van der Waals surface area (Å²) in [5, 5.41) is 5.93. The Kier molecular flexibility index (Phi) is 3.31. The number of carbonyl (C=O) groups excluding carboxylic acids is 2. The molecule has 1 heterocycles. The summed E-state index contributed by atoms with van der Waals surface area (Å²) in [5.74, 6) is -0.0843. The zero-order chi connectivity index (χ0) is 11.4. The first-order valence-electron chi connectivity index (χ1n) is 5.34. The normalized spacial score (nSPS) is 24.0. The Balaban J connectivity index is 1.91. The molecule has 2 atom stereocenters. The molecule has 1 aromatic carbocycles. The van der Waals surface area contributed by atoms with Crippen molar-refractivity contribution in [2.24, 2.45) is 0 Å². The third-order valence-corrected chi connectivity index (χ3v) is 2.70. The molecule has 1 aliphatic heterocycles. The summed E-state index contributed by atoms with van der Waals surface area (Å²) < 4.78 is 0. The van der Waals surface area contributed by atoms with E-state index in [0.717, 1.165) is 6.29 Å². The largest absolute Gasteiger partial charge is 0.348 e. The number of benzene rings is 1. The van der Waals surface area contributed by atoms with E-state index in [0.29, 0.717) is 18.5 Å². The Labute approximate surface area is 94.0 Å². The van der Waals surface area contributed by atoms with Crippen LogP contribution >= 0.6 is 0 Å². The average molecular weight is 218 g/mol. The Hall–Kier alpha value is -1.68. The van der Waals surface area contributed by atoms with Gasteiger partial charge in [0.25, 0.3) is 5.91 Å². The number of aldehydes is 1. The summed E-state index contributed by atoms with van der Waals surface area (Å²) in [6.45, 7) is 0.655. The van der Waals surface area contributed by atoms with Gasteiger partial charge in [-0.05, 0) is 18.6 Å². The van der Waals surface area contributed by atoms with Crippen molar-refractivity contribution in [1.82, 2.24) is 10.6 Å². The second-order valence-corrected chi connectivity index (χ2v) is 3.92. The van der Waals surface area contributed by atoms with Crippen LogP contribution in [0.1, 0.15) is 16.8 Å². The van der Waals surface area contributed by atoms with Crippen molar-refractivity contribution in [1.29, 1.82) is 0 Å². The van der Waals surface area contributed by atoms with E-state index in [2.05, 4.69) is 10.6 Å². The number of amides is 1. The van der Waals surface area contributed by atoms with E-state index in [-0.39, 0.29) is 18.0 Å². The highest BCUT2D eigenvalue weighted by molar-refractivity contribution is 5.94. The zero-order valence-electron chi connectivity index (χ0n) is 8.85. The molecule has 2 rings (SSSR count). The van der Waals surface area contributed by atoms with Gasteiger partial charge < -0.3 is 15.4 Å². The third-order valence-electron chi connectivity index (χ3n) is 2.70. The summed E-state index contributed by atoms with van der Waals surface area (Å²) in [6.07, 6.45) is 1.55. The molecule has 84 valence electrons. The molecule has 1 aromatic rings. The highest BCUT2D eigenvalue weighted by atomic mass is 16.1. The van der Waals surface area contributed by atoms with Gasteiger partial charge in [-0.2, -0.15) is 0 Å². The second-order valence-electron chi connectivity index (χ2n) is 3.92. The van der Waals surface area contributed by atoms with Gasteiger partial charge in [-0.1, -0.05) is 18.2 Å². The lowest BCUT2D eigenvalue weighted by molar-refractivity contribution is -0.109. The number of rotatable bonds is 3. The van der Waals surface area contributed by atoms with Crippen molar-refractivity contribution in [3.8, 4) is 0 Å². The summed E-state index contributed by atoms with van der Waals surface area (Å²) in [7, 11) is 0. The van der Waals surface area contributed by atoms with Crippen LogP contribution in [-0.2, 0) is 4.79 Å². The zero-order valence-corrected chi connectivity index (χ0v) is 8.85. The van der Waals surface area contributed by atoms with Crippen LogP contribution in [0.5, 0.6) is 0 Å². The standard InChI is InChI=1S/C12H14N2O2/c15-8-11-6-10(7-13-11)14-12(16)9-4-2-1-3-5-9/h1-5,8,10-11,13H,6-7H2,(H,14,16)/t10-,11+/m1/s1. The maximum absolute atomic E-state index is 11.8. The van der Waals surface area contributed by atoms with Gasteiger partial charge in [0.2, 0.25) is 0 Å². The molecule has 0 unspecified atom stereocenters. The molecule has 0 aromatic heterocycles. The summed E-state index contributed by atoms with van der Waals surface area (Å²) in [4.78, 5) is 22.3. The van der Waals surface area contributed by atoms with E-state index in [1.54, 1.807) is 12.1 Å². The van der Waals surface area contributed by atoms with E-state index >= 15 is 0 Å². The fourth-order valence-electron chi connectivity index (χ4n) is 1.84. The highest BCUT2D eigenvalue weighted by Crippen LogP contribution is 2.06. The fourth-order valence-corrected chi connectivity index (χ4v) is 1.84. The number of nitrogens with one attached hydrogen (secondary N) is 2. The van der Waals surface area contributed by atoms with Crippen LogP contribution in [0.15, 0.2) is 30.3 Å². The summed E-state index contributed by atoms with van der Waals surface area (Å²) >= 11 is 0. The molecule has 0 bridgehead atoms. The van der Waals surface area contributed by atoms with Gasteiger partial charge in [-0.25, -0.2) is 0 Å². The molecule has 4 heteroatoms. The van der Waals surface area contributed by atoms with Gasteiger partial charge in [0.15, 0.2) is 0 Å². The van der Waals surface area contributed by atoms with Crippen molar-refractivity contribution in [2.75, 3.05) is 6.54 Å². The van der Waals surface area contributed by atoms with Gasteiger partial charge in [0.05, 0.1) is 6.04 Å². The molecule has 1 fully saturated rings. The van der Waals surface area contributed by atoms with Crippen LogP contribution in [0.4, 0.5) is 0 Å². The summed E-state index contributed by atoms with van der Waals surface area (Å²) in [6, 6.07) is 9.00. The van der Waals surface area contributed by atoms with Crippen LogP contribution in [0.3, 0.4) is 0 Å².